The number of aromatic carboxylic acids is 1. The third-order valence-electron chi connectivity index (χ3n) is 2.97. The first-order chi connectivity index (χ1) is 8.49. The number of carbonyl (C=O) groups is 1. The Hall–Kier alpha value is -1.62. The van der Waals surface area contributed by atoms with E-state index in [1.54, 1.807) is 6.07 Å². The Morgan fingerprint density at radius 2 is 2.00 bits per heavy atom. The predicted octanol–water partition coefficient (Wildman–Crippen LogP) is 2.14. The molecule has 1 aliphatic rings. The average molecular weight is 253 g/mol. The van der Waals surface area contributed by atoms with E-state index < -0.39 is 11.8 Å². The molecule has 1 aromatic carbocycles. The van der Waals surface area contributed by atoms with Gasteiger partial charge in [0.1, 0.15) is 11.4 Å². The van der Waals surface area contributed by atoms with E-state index in [0.29, 0.717) is 18.8 Å². The first-order valence-corrected chi connectivity index (χ1v) is 5.91. The van der Waals surface area contributed by atoms with Crippen molar-refractivity contribution in [3.05, 3.63) is 29.6 Å². The molecule has 1 N–H and O–H groups in total. The molecule has 2 unspecified atom stereocenters. The summed E-state index contributed by atoms with van der Waals surface area (Å²) in [6, 6.07) is 4.33. The summed E-state index contributed by atoms with van der Waals surface area (Å²) in [5.41, 5.74) is 0.156. The van der Waals surface area contributed by atoms with Crippen LogP contribution in [0.15, 0.2) is 18.2 Å². The minimum absolute atomic E-state index is 0.00124. The number of rotatable bonds is 2. The second-order valence-electron chi connectivity index (χ2n) is 4.60. The van der Waals surface area contributed by atoms with Gasteiger partial charge in [0, 0.05) is 13.1 Å². The standard InChI is InChI=1S/C13H16FNO3/c1-8-6-15(7-9(2)18-8)11-5-3-4-10(14)12(11)13(16)17/h3-5,8-9H,6-7H2,1-2H3,(H,16,17). The number of benzene rings is 1. The molecule has 0 spiro atoms. The molecule has 1 saturated heterocycles. The summed E-state index contributed by atoms with van der Waals surface area (Å²) in [6.45, 7) is 4.97. The van der Waals surface area contributed by atoms with E-state index in [0.717, 1.165) is 0 Å². The molecular weight excluding hydrogens is 237 g/mol. The summed E-state index contributed by atoms with van der Waals surface area (Å²) in [7, 11) is 0. The number of morpholine rings is 1. The van der Waals surface area contributed by atoms with Gasteiger partial charge in [-0.15, -0.1) is 0 Å². The van der Waals surface area contributed by atoms with Crippen LogP contribution < -0.4 is 4.90 Å². The highest BCUT2D eigenvalue weighted by atomic mass is 19.1. The Labute approximate surface area is 105 Å². The van der Waals surface area contributed by atoms with Gasteiger partial charge in [0.15, 0.2) is 0 Å². The molecule has 0 aromatic heterocycles. The van der Waals surface area contributed by atoms with Crippen molar-refractivity contribution in [1.29, 1.82) is 0 Å². The zero-order chi connectivity index (χ0) is 13.3. The molecule has 2 atom stereocenters. The van der Waals surface area contributed by atoms with Crippen LogP contribution in [0.2, 0.25) is 0 Å². The zero-order valence-corrected chi connectivity index (χ0v) is 10.4. The van der Waals surface area contributed by atoms with Gasteiger partial charge in [-0.1, -0.05) is 6.07 Å². The number of halogens is 1. The average Bonchev–Trinajstić information content (AvgIpc) is 2.26. The molecule has 1 aliphatic heterocycles. The zero-order valence-electron chi connectivity index (χ0n) is 10.4. The maximum Gasteiger partial charge on any atom is 0.340 e. The Balaban J connectivity index is 2.38. The molecule has 0 radical (unpaired) electrons. The lowest BCUT2D eigenvalue weighted by Crippen LogP contribution is -2.46. The number of ether oxygens (including phenoxy) is 1. The Morgan fingerprint density at radius 3 is 2.56 bits per heavy atom. The first-order valence-electron chi connectivity index (χ1n) is 5.91. The van der Waals surface area contributed by atoms with E-state index in [1.165, 1.54) is 12.1 Å². The van der Waals surface area contributed by atoms with E-state index in [9.17, 15) is 9.18 Å². The number of nitrogens with zero attached hydrogens (tertiary/aromatic N) is 1. The second-order valence-corrected chi connectivity index (χ2v) is 4.60. The topological polar surface area (TPSA) is 49.8 Å². The number of anilines is 1. The molecule has 0 bridgehead atoms. The van der Waals surface area contributed by atoms with E-state index in [2.05, 4.69) is 0 Å². The van der Waals surface area contributed by atoms with Crippen LogP contribution in [0, 0.1) is 5.82 Å². The van der Waals surface area contributed by atoms with Crippen LogP contribution in [-0.4, -0.2) is 36.4 Å². The number of hydrogen-bond acceptors (Lipinski definition) is 3. The second kappa shape index (κ2) is 4.94. The van der Waals surface area contributed by atoms with Gasteiger partial charge in [-0.05, 0) is 26.0 Å². The van der Waals surface area contributed by atoms with Gasteiger partial charge in [0.05, 0.1) is 17.9 Å². The minimum atomic E-state index is -1.24. The van der Waals surface area contributed by atoms with Crippen molar-refractivity contribution in [2.24, 2.45) is 0 Å². The third-order valence-corrected chi connectivity index (χ3v) is 2.97. The van der Waals surface area contributed by atoms with Gasteiger partial charge in [0.25, 0.3) is 0 Å². The summed E-state index contributed by atoms with van der Waals surface area (Å²) >= 11 is 0. The molecule has 18 heavy (non-hydrogen) atoms. The molecule has 1 heterocycles. The lowest BCUT2D eigenvalue weighted by molar-refractivity contribution is -0.00534. The fourth-order valence-electron chi connectivity index (χ4n) is 2.36. The summed E-state index contributed by atoms with van der Waals surface area (Å²) in [6.07, 6.45) is -0.00248. The minimum Gasteiger partial charge on any atom is -0.478 e. The lowest BCUT2D eigenvalue weighted by atomic mass is 10.1. The van der Waals surface area contributed by atoms with Crippen molar-refractivity contribution in [2.45, 2.75) is 26.1 Å². The molecule has 5 heteroatoms. The van der Waals surface area contributed by atoms with Gasteiger partial charge in [-0.3, -0.25) is 0 Å². The maximum atomic E-state index is 13.6. The molecular formula is C13H16FNO3. The summed E-state index contributed by atoms with van der Waals surface area (Å²) in [5.74, 6) is -1.94. The van der Waals surface area contributed by atoms with Crippen LogP contribution in [0.4, 0.5) is 10.1 Å². The van der Waals surface area contributed by atoms with Crippen LogP contribution in [0.3, 0.4) is 0 Å². The maximum absolute atomic E-state index is 13.6. The smallest absolute Gasteiger partial charge is 0.340 e. The van der Waals surface area contributed by atoms with Gasteiger partial charge in [-0.2, -0.15) is 0 Å². The highest BCUT2D eigenvalue weighted by Gasteiger charge is 2.26. The summed E-state index contributed by atoms with van der Waals surface area (Å²) < 4.78 is 19.2. The van der Waals surface area contributed by atoms with Gasteiger partial charge >= 0.3 is 5.97 Å². The lowest BCUT2D eigenvalue weighted by Gasteiger charge is -2.37. The van der Waals surface area contributed by atoms with Crippen molar-refractivity contribution in [3.63, 3.8) is 0 Å². The summed E-state index contributed by atoms with van der Waals surface area (Å²) in [5, 5.41) is 9.11. The molecule has 1 aromatic rings. The summed E-state index contributed by atoms with van der Waals surface area (Å²) in [4.78, 5) is 13.0. The molecule has 4 nitrogen and oxygen atoms in total. The molecule has 1 fully saturated rings. The van der Waals surface area contributed by atoms with Gasteiger partial charge in [-0.25, -0.2) is 9.18 Å². The normalized spacial score (nSPS) is 24.1. The van der Waals surface area contributed by atoms with Crippen molar-refractivity contribution in [2.75, 3.05) is 18.0 Å². The first kappa shape index (κ1) is 12.8. The van der Waals surface area contributed by atoms with Crippen molar-refractivity contribution >= 4 is 11.7 Å². The fourth-order valence-corrected chi connectivity index (χ4v) is 2.36. The monoisotopic (exact) mass is 253 g/mol. The van der Waals surface area contributed by atoms with Crippen LogP contribution >= 0.6 is 0 Å². The van der Waals surface area contributed by atoms with Crippen LogP contribution in [0.5, 0.6) is 0 Å². The largest absolute Gasteiger partial charge is 0.478 e. The van der Waals surface area contributed by atoms with Crippen LogP contribution in [-0.2, 0) is 4.74 Å². The third kappa shape index (κ3) is 2.46. The highest BCUT2D eigenvalue weighted by molar-refractivity contribution is 5.94. The molecule has 0 saturated carbocycles. The fraction of sp³-hybridized carbons (Fsp3) is 0.462. The van der Waals surface area contributed by atoms with Crippen LogP contribution in [0.25, 0.3) is 0 Å². The van der Waals surface area contributed by atoms with Crippen LogP contribution in [0.1, 0.15) is 24.2 Å². The van der Waals surface area contributed by atoms with Crippen molar-refractivity contribution in [1.82, 2.24) is 0 Å². The highest BCUT2D eigenvalue weighted by Crippen LogP contribution is 2.26. The SMILES string of the molecule is CC1CN(c2cccc(F)c2C(=O)O)CC(C)O1. The molecule has 98 valence electrons. The number of carboxylic acids is 1. The molecule has 0 aliphatic carbocycles. The predicted molar refractivity (Wildman–Crippen MR) is 65.6 cm³/mol. The van der Waals surface area contributed by atoms with Gasteiger partial charge in [0.2, 0.25) is 0 Å². The Bertz CT molecular complexity index is 454. The van der Waals surface area contributed by atoms with Crippen molar-refractivity contribution in [3.8, 4) is 0 Å². The number of carboxylic acid groups (broad SMARTS) is 1. The van der Waals surface area contributed by atoms with E-state index in [-0.39, 0.29) is 17.8 Å². The van der Waals surface area contributed by atoms with Crippen molar-refractivity contribution < 1.29 is 19.0 Å². The van der Waals surface area contributed by atoms with E-state index in [1.807, 2.05) is 18.7 Å². The number of hydrogen-bond donors (Lipinski definition) is 1. The molecule has 2 rings (SSSR count). The Kier molecular flexibility index (Phi) is 3.52. The van der Waals surface area contributed by atoms with E-state index in [4.69, 9.17) is 9.84 Å². The van der Waals surface area contributed by atoms with E-state index >= 15 is 0 Å². The quantitative estimate of drug-likeness (QED) is 0.877. The Morgan fingerprint density at radius 1 is 1.39 bits per heavy atom. The molecule has 0 amide bonds. The van der Waals surface area contributed by atoms with Gasteiger partial charge < -0.3 is 14.7 Å².